The van der Waals surface area contributed by atoms with Crippen LogP contribution in [0.5, 0.6) is 0 Å². The number of hydrogen-bond donors (Lipinski definition) is 0. The summed E-state index contributed by atoms with van der Waals surface area (Å²) in [5.74, 6) is 0.463. The molecule has 8 heavy (non-hydrogen) atoms. The lowest BCUT2D eigenvalue weighted by molar-refractivity contribution is 0.337. The Bertz CT molecular complexity index is 88.4. The lowest BCUT2D eigenvalue weighted by atomic mass is 10.1. The topological polar surface area (TPSA) is 0 Å². The second kappa shape index (κ2) is 2.29. The van der Waals surface area contributed by atoms with Crippen LogP contribution in [0.25, 0.3) is 0 Å². The van der Waals surface area contributed by atoms with Gasteiger partial charge in [-0.1, -0.05) is 6.08 Å². The van der Waals surface area contributed by atoms with Gasteiger partial charge in [-0.05, 0) is 25.2 Å². The van der Waals surface area contributed by atoms with Crippen LogP contribution >= 0.6 is 0 Å². The first kappa shape index (κ1) is 5.80. The third-order valence-electron chi connectivity index (χ3n) is 1.74. The van der Waals surface area contributed by atoms with Crippen molar-refractivity contribution in [3.8, 4) is 0 Å². The Hall–Kier alpha value is -0.330. The fourth-order valence-corrected chi connectivity index (χ4v) is 1.17. The summed E-state index contributed by atoms with van der Waals surface area (Å²) in [4.78, 5) is 0. The van der Waals surface area contributed by atoms with Crippen molar-refractivity contribution in [3.63, 3.8) is 0 Å². The zero-order chi connectivity index (χ0) is 5.98. The van der Waals surface area contributed by atoms with Crippen molar-refractivity contribution in [3.05, 3.63) is 12.7 Å². The van der Waals surface area contributed by atoms with Gasteiger partial charge in [-0.25, -0.2) is 4.39 Å². The molecule has 1 rings (SSSR count). The normalized spacial score (nSPS) is 37.6. The van der Waals surface area contributed by atoms with E-state index in [0.29, 0.717) is 12.3 Å². The molecule has 0 aromatic carbocycles. The molecule has 0 aliphatic heterocycles. The summed E-state index contributed by atoms with van der Waals surface area (Å²) < 4.78 is 12.3. The van der Waals surface area contributed by atoms with E-state index in [4.69, 9.17) is 0 Å². The molecule has 0 aromatic rings. The maximum atomic E-state index is 12.3. The predicted molar refractivity (Wildman–Crippen MR) is 32.4 cm³/mol. The fourth-order valence-electron chi connectivity index (χ4n) is 1.17. The van der Waals surface area contributed by atoms with E-state index in [1.165, 1.54) is 0 Å². The maximum absolute atomic E-state index is 12.3. The molecule has 0 nitrogen and oxygen atoms in total. The molecule has 0 heterocycles. The number of alkyl halides is 1. The molecule has 46 valence electrons. The van der Waals surface area contributed by atoms with Crippen LogP contribution < -0.4 is 0 Å². The van der Waals surface area contributed by atoms with E-state index in [0.717, 1.165) is 12.8 Å². The van der Waals surface area contributed by atoms with Crippen LogP contribution in [-0.2, 0) is 0 Å². The first-order chi connectivity index (χ1) is 3.83. The highest BCUT2D eigenvalue weighted by atomic mass is 19.1. The Kier molecular flexibility index (Phi) is 1.66. The van der Waals surface area contributed by atoms with Crippen molar-refractivity contribution < 1.29 is 4.39 Å². The summed E-state index contributed by atoms with van der Waals surface area (Å²) in [7, 11) is 0. The molecule has 0 radical (unpaired) electrons. The van der Waals surface area contributed by atoms with Crippen molar-refractivity contribution in [1.29, 1.82) is 0 Å². The van der Waals surface area contributed by atoms with Gasteiger partial charge in [0, 0.05) is 0 Å². The van der Waals surface area contributed by atoms with Gasteiger partial charge in [0.25, 0.3) is 0 Å². The van der Waals surface area contributed by atoms with Crippen molar-refractivity contribution in [2.75, 3.05) is 0 Å². The minimum Gasteiger partial charge on any atom is -0.247 e. The van der Waals surface area contributed by atoms with E-state index < -0.39 is 6.17 Å². The molecule has 2 unspecified atom stereocenters. The largest absolute Gasteiger partial charge is 0.247 e. The lowest BCUT2D eigenvalue weighted by Gasteiger charge is -1.96. The molecule has 0 aromatic heterocycles. The standard InChI is InChI=1S/C7H11F/c1-2-6-3-4-7(8)5-6/h2,6-7H,1,3-5H2. The smallest absolute Gasteiger partial charge is 0.101 e. The van der Waals surface area contributed by atoms with Gasteiger partial charge in [0.1, 0.15) is 6.17 Å². The Labute approximate surface area is 49.4 Å². The first-order valence-electron chi connectivity index (χ1n) is 3.09. The highest BCUT2D eigenvalue weighted by Crippen LogP contribution is 2.27. The molecular weight excluding hydrogens is 103 g/mol. The second-order valence-corrected chi connectivity index (χ2v) is 2.41. The van der Waals surface area contributed by atoms with Crippen molar-refractivity contribution in [2.45, 2.75) is 25.4 Å². The minimum absolute atomic E-state index is 0.463. The fraction of sp³-hybridized carbons (Fsp3) is 0.714. The van der Waals surface area contributed by atoms with Crippen LogP contribution in [0.4, 0.5) is 4.39 Å². The Balaban J connectivity index is 2.32. The van der Waals surface area contributed by atoms with E-state index in [9.17, 15) is 4.39 Å². The van der Waals surface area contributed by atoms with Gasteiger partial charge in [0.05, 0.1) is 0 Å². The van der Waals surface area contributed by atoms with Gasteiger partial charge in [-0.15, -0.1) is 6.58 Å². The van der Waals surface area contributed by atoms with Crippen molar-refractivity contribution in [2.24, 2.45) is 5.92 Å². The van der Waals surface area contributed by atoms with Gasteiger partial charge in [-0.3, -0.25) is 0 Å². The van der Waals surface area contributed by atoms with Gasteiger partial charge in [0.2, 0.25) is 0 Å². The lowest BCUT2D eigenvalue weighted by Crippen LogP contribution is -1.90. The zero-order valence-electron chi connectivity index (χ0n) is 4.94. The average Bonchev–Trinajstić information content (AvgIpc) is 2.14. The summed E-state index contributed by atoms with van der Waals surface area (Å²) in [6.07, 6.45) is 3.78. The molecule has 0 saturated heterocycles. The number of hydrogen-bond acceptors (Lipinski definition) is 0. The van der Waals surface area contributed by atoms with Gasteiger partial charge in [0.15, 0.2) is 0 Å². The summed E-state index contributed by atoms with van der Waals surface area (Å²) in [5.41, 5.74) is 0. The number of rotatable bonds is 1. The average molecular weight is 114 g/mol. The Morgan fingerprint density at radius 2 is 2.25 bits per heavy atom. The Morgan fingerprint density at radius 3 is 2.50 bits per heavy atom. The monoisotopic (exact) mass is 114 g/mol. The highest BCUT2D eigenvalue weighted by molar-refractivity contribution is 4.86. The molecule has 0 amide bonds. The minimum atomic E-state index is -0.544. The molecule has 1 aliphatic carbocycles. The summed E-state index contributed by atoms with van der Waals surface area (Å²) in [6.45, 7) is 3.61. The highest BCUT2D eigenvalue weighted by Gasteiger charge is 2.20. The Morgan fingerprint density at radius 1 is 1.50 bits per heavy atom. The molecule has 1 heteroatoms. The number of allylic oxidation sites excluding steroid dienone is 1. The second-order valence-electron chi connectivity index (χ2n) is 2.41. The van der Waals surface area contributed by atoms with Crippen LogP contribution in [-0.4, -0.2) is 6.17 Å². The molecule has 1 saturated carbocycles. The van der Waals surface area contributed by atoms with Gasteiger partial charge in [-0.2, -0.15) is 0 Å². The molecule has 2 atom stereocenters. The van der Waals surface area contributed by atoms with Crippen LogP contribution in [0.2, 0.25) is 0 Å². The van der Waals surface area contributed by atoms with Crippen LogP contribution in [0.15, 0.2) is 12.7 Å². The van der Waals surface area contributed by atoms with E-state index in [2.05, 4.69) is 6.58 Å². The quantitative estimate of drug-likeness (QED) is 0.459. The van der Waals surface area contributed by atoms with Crippen LogP contribution in [0.1, 0.15) is 19.3 Å². The van der Waals surface area contributed by atoms with E-state index in [1.54, 1.807) is 0 Å². The summed E-state index contributed by atoms with van der Waals surface area (Å²) >= 11 is 0. The van der Waals surface area contributed by atoms with E-state index in [-0.39, 0.29) is 0 Å². The molecule has 0 spiro atoms. The molecule has 1 fully saturated rings. The summed E-state index contributed by atoms with van der Waals surface area (Å²) in [6, 6.07) is 0. The summed E-state index contributed by atoms with van der Waals surface area (Å²) in [5, 5.41) is 0. The first-order valence-corrected chi connectivity index (χ1v) is 3.09. The molecular formula is C7H11F. The van der Waals surface area contributed by atoms with Gasteiger partial charge < -0.3 is 0 Å². The predicted octanol–water partition coefficient (Wildman–Crippen LogP) is 2.31. The van der Waals surface area contributed by atoms with E-state index in [1.807, 2.05) is 6.08 Å². The van der Waals surface area contributed by atoms with Gasteiger partial charge >= 0.3 is 0 Å². The SMILES string of the molecule is C=CC1CCC(F)C1. The third-order valence-corrected chi connectivity index (χ3v) is 1.74. The molecule has 0 N–H and O–H groups in total. The van der Waals surface area contributed by atoms with E-state index >= 15 is 0 Å². The zero-order valence-corrected chi connectivity index (χ0v) is 4.94. The van der Waals surface area contributed by atoms with Crippen molar-refractivity contribution in [1.82, 2.24) is 0 Å². The molecule has 1 aliphatic rings. The number of halogens is 1. The van der Waals surface area contributed by atoms with Crippen LogP contribution in [0.3, 0.4) is 0 Å². The third kappa shape index (κ3) is 1.09. The maximum Gasteiger partial charge on any atom is 0.101 e. The van der Waals surface area contributed by atoms with Crippen molar-refractivity contribution >= 4 is 0 Å². The molecule has 0 bridgehead atoms. The van der Waals surface area contributed by atoms with Crippen LogP contribution in [0, 0.1) is 5.92 Å².